The normalized spacial score (nSPS) is 17.1. The Bertz CT molecular complexity index is 285. The van der Waals surface area contributed by atoms with Gasteiger partial charge in [-0.3, -0.25) is 0 Å². The van der Waals surface area contributed by atoms with E-state index in [1.165, 1.54) is 25.5 Å². The van der Waals surface area contributed by atoms with E-state index in [4.69, 9.17) is 0 Å². The number of rotatable bonds is 2. The molecule has 0 spiro atoms. The first kappa shape index (κ1) is 9.71. The van der Waals surface area contributed by atoms with Gasteiger partial charge in [0, 0.05) is 13.1 Å². The lowest BCUT2D eigenvalue weighted by Gasteiger charge is -2.27. The number of hydrogen-bond donors (Lipinski definition) is 0. The van der Waals surface area contributed by atoms with Crippen LogP contribution in [0.1, 0.15) is 19.3 Å². The zero-order valence-corrected chi connectivity index (χ0v) is 8.63. The molecule has 0 saturated carbocycles. The molecule has 1 aromatic rings. The highest BCUT2D eigenvalue weighted by Gasteiger charge is 2.12. The number of halogens is 1. The molecule has 1 aliphatic heterocycles. The highest BCUT2D eigenvalue weighted by Crippen LogP contribution is 2.19. The van der Waals surface area contributed by atoms with Crippen molar-refractivity contribution in [1.82, 2.24) is 9.97 Å². The fraction of sp³-hybridized carbons (Fsp3) is 0.556. The van der Waals surface area contributed by atoms with E-state index >= 15 is 0 Å². The number of aromatic nitrogens is 2. The molecule has 1 aromatic heterocycles. The maximum atomic E-state index is 12.1. The quantitative estimate of drug-likeness (QED) is 0.754. The Balaban J connectivity index is 2.07. The van der Waals surface area contributed by atoms with E-state index in [1.54, 1.807) is 6.20 Å². The summed E-state index contributed by atoms with van der Waals surface area (Å²) in [5.41, 5.74) is 0. The van der Waals surface area contributed by atoms with E-state index in [-0.39, 0.29) is 12.1 Å². The lowest BCUT2D eigenvalue weighted by atomic mass is 10.1. The van der Waals surface area contributed by atoms with E-state index in [9.17, 15) is 3.89 Å². The standard InChI is InChI=1S/C9H12FN3S/c10-14-9-7-11-8(6-12-9)13-4-2-1-3-5-13/h6-7H,1-5H2. The monoisotopic (exact) mass is 213 g/mol. The average molecular weight is 213 g/mol. The van der Waals surface area contributed by atoms with Gasteiger partial charge in [0.15, 0.2) is 0 Å². The Morgan fingerprint density at radius 1 is 1.14 bits per heavy atom. The number of anilines is 1. The molecular weight excluding hydrogens is 201 g/mol. The van der Waals surface area contributed by atoms with E-state index in [1.807, 2.05) is 0 Å². The van der Waals surface area contributed by atoms with Gasteiger partial charge in [0.05, 0.1) is 12.4 Å². The molecule has 2 rings (SSSR count). The summed E-state index contributed by atoms with van der Waals surface area (Å²) >= 11 is 0.132. The van der Waals surface area contributed by atoms with Crippen molar-refractivity contribution >= 4 is 18.0 Å². The molecule has 5 heteroatoms. The fourth-order valence-corrected chi connectivity index (χ4v) is 1.82. The van der Waals surface area contributed by atoms with Crippen LogP contribution in [0.3, 0.4) is 0 Å². The Hall–Kier alpha value is -0.840. The van der Waals surface area contributed by atoms with Crippen LogP contribution in [0, 0.1) is 0 Å². The molecule has 14 heavy (non-hydrogen) atoms. The van der Waals surface area contributed by atoms with Crippen molar-refractivity contribution in [1.29, 1.82) is 0 Å². The third-order valence-corrected chi connectivity index (χ3v) is 2.74. The topological polar surface area (TPSA) is 29.0 Å². The van der Waals surface area contributed by atoms with Crippen molar-refractivity contribution in [2.45, 2.75) is 24.3 Å². The van der Waals surface area contributed by atoms with Gasteiger partial charge in [0.25, 0.3) is 0 Å². The summed E-state index contributed by atoms with van der Waals surface area (Å²) in [5.74, 6) is 0.863. The summed E-state index contributed by atoms with van der Waals surface area (Å²) < 4.78 is 12.1. The van der Waals surface area contributed by atoms with Gasteiger partial charge in [-0.25, -0.2) is 9.97 Å². The summed E-state index contributed by atoms with van der Waals surface area (Å²) in [6.07, 6.45) is 6.84. The van der Waals surface area contributed by atoms with Crippen LogP contribution >= 0.6 is 12.1 Å². The summed E-state index contributed by atoms with van der Waals surface area (Å²) in [4.78, 5) is 10.3. The molecule has 0 amide bonds. The second-order valence-electron chi connectivity index (χ2n) is 3.34. The molecule has 1 fully saturated rings. The summed E-state index contributed by atoms with van der Waals surface area (Å²) in [6, 6.07) is 0. The molecule has 1 aliphatic rings. The van der Waals surface area contributed by atoms with Crippen LogP contribution in [0.2, 0.25) is 0 Å². The number of piperidine rings is 1. The molecule has 1 saturated heterocycles. The molecule has 0 radical (unpaired) electrons. The SMILES string of the molecule is FSc1cnc(N2CCCCC2)cn1. The Labute approximate surface area is 87.0 Å². The van der Waals surface area contributed by atoms with Gasteiger partial charge in [-0.05, 0) is 19.3 Å². The molecule has 0 N–H and O–H groups in total. The van der Waals surface area contributed by atoms with Gasteiger partial charge >= 0.3 is 0 Å². The molecule has 0 bridgehead atoms. The molecule has 0 aromatic carbocycles. The van der Waals surface area contributed by atoms with E-state index < -0.39 is 0 Å². The van der Waals surface area contributed by atoms with Crippen molar-refractivity contribution < 1.29 is 3.89 Å². The lowest BCUT2D eigenvalue weighted by molar-refractivity contribution is 0.572. The summed E-state index contributed by atoms with van der Waals surface area (Å²) in [6.45, 7) is 2.08. The molecule has 0 atom stereocenters. The molecule has 3 nitrogen and oxygen atoms in total. The molecule has 2 heterocycles. The predicted octanol–water partition coefficient (Wildman–Crippen LogP) is 2.44. The zero-order valence-electron chi connectivity index (χ0n) is 7.82. The van der Waals surface area contributed by atoms with Crippen LogP contribution in [0.25, 0.3) is 0 Å². The van der Waals surface area contributed by atoms with E-state index in [2.05, 4.69) is 14.9 Å². The largest absolute Gasteiger partial charge is 0.355 e. The molecule has 0 aliphatic carbocycles. The highest BCUT2D eigenvalue weighted by atomic mass is 32.2. The Morgan fingerprint density at radius 3 is 2.50 bits per heavy atom. The van der Waals surface area contributed by atoms with Gasteiger partial charge in [-0.2, -0.15) is 3.89 Å². The summed E-state index contributed by atoms with van der Waals surface area (Å²) in [5, 5.41) is 0.325. The van der Waals surface area contributed by atoms with Crippen LogP contribution in [-0.2, 0) is 0 Å². The number of hydrogen-bond acceptors (Lipinski definition) is 4. The van der Waals surface area contributed by atoms with Crippen LogP contribution < -0.4 is 4.90 Å². The lowest BCUT2D eigenvalue weighted by Crippen LogP contribution is -2.30. The van der Waals surface area contributed by atoms with Crippen molar-refractivity contribution in [2.24, 2.45) is 0 Å². The van der Waals surface area contributed by atoms with Gasteiger partial charge in [0.1, 0.15) is 23.0 Å². The van der Waals surface area contributed by atoms with Crippen molar-refractivity contribution in [2.75, 3.05) is 18.0 Å². The van der Waals surface area contributed by atoms with E-state index in [0.717, 1.165) is 18.9 Å². The molecule has 0 unspecified atom stereocenters. The summed E-state index contributed by atoms with van der Waals surface area (Å²) in [7, 11) is 0. The molecular formula is C9H12FN3S. The Kier molecular flexibility index (Phi) is 3.18. The number of nitrogens with zero attached hydrogens (tertiary/aromatic N) is 3. The zero-order chi connectivity index (χ0) is 9.80. The van der Waals surface area contributed by atoms with Crippen molar-refractivity contribution in [3.8, 4) is 0 Å². The predicted molar refractivity (Wildman–Crippen MR) is 55.1 cm³/mol. The van der Waals surface area contributed by atoms with E-state index in [0.29, 0.717) is 5.03 Å². The van der Waals surface area contributed by atoms with Crippen LogP contribution in [0.15, 0.2) is 17.4 Å². The van der Waals surface area contributed by atoms with Gasteiger partial charge in [-0.1, -0.05) is 0 Å². The Morgan fingerprint density at radius 2 is 1.93 bits per heavy atom. The van der Waals surface area contributed by atoms with Gasteiger partial charge in [0.2, 0.25) is 0 Å². The smallest absolute Gasteiger partial charge is 0.147 e. The van der Waals surface area contributed by atoms with Gasteiger partial charge in [-0.15, -0.1) is 0 Å². The maximum absolute atomic E-state index is 12.1. The first-order valence-electron chi connectivity index (χ1n) is 4.76. The van der Waals surface area contributed by atoms with Crippen molar-refractivity contribution in [3.05, 3.63) is 12.4 Å². The minimum Gasteiger partial charge on any atom is -0.355 e. The minimum absolute atomic E-state index is 0.132. The third kappa shape index (κ3) is 2.15. The second kappa shape index (κ2) is 4.59. The minimum atomic E-state index is 0.132. The molecule has 76 valence electrons. The second-order valence-corrected chi connectivity index (χ2v) is 3.91. The van der Waals surface area contributed by atoms with Crippen LogP contribution in [-0.4, -0.2) is 23.1 Å². The average Bonchev–Trinajstić information content (AvgIpc) is 2.30. The highest BCUT2D eigenvalue weighted by molar-refractivity contribution is 7.94. The third-order valence-electron chi connectivity index (χ3n) is 2.37. The fourth-order valence-electron chi connectivity index (χ4n) is 1.64. The van der Waals surface area contributed by atoms with Crippen LogP contribution in [0.5, 0.6) is 0 Å². The van der Waals surface area contributed by atoms with Crippen LogP contribution in [0.4, 0.5) is 9.70 Å². The van der Waals surface area contributed by atoms with Crippen molar-refractivity contribution in [3.63, 3.8) is 0 Å². The maximum Gasteiger partial charge on any atom is 0.147 e. The first-order valence-corrected chi connectivity index (χ1v) is 5.47. The van der Waals surface area contributed by atoms with Gasteiger partial charge < -0.3 is 4.90 Å². The first-order chi connectivity index (χ1) is 6.90.